The van der Waals surface area contributed by atoms with Crippen molar-refractivity contribution in [2.45, 2.75) is 135 Å². The normalized spacial score (nSPS) is 30.7. The summed E-state index contributed by atoms with van der Waals surface area (Å²) < 4.78 is 35.1. The van der Waals surface area contributed by atoms with Crippen molar-refractivity contribution in [1.82, 2.24) is 0 Å². The monoisotopic (exact) mass is 502 g/mol. The fourth-order valence-electron chi connectivity index (χ4n) is 7.79. The number of fused-ring (bicyclic) bond motifs is 1. The van der Waals surface area contributed by atoms with Gasteiger partial charge in [-0.3, -0.25) is 0 Å². The van der Waals surface area contributed by atoms with Crippen LogP contribution in [0.15, 0.2) is 12.1 Å². The van der Waals surface area contributed by atoms with Crippen LogP contribution in [0, 0.1) is 41.2 Å². The van der Waals surface area contributed by atoms with Crippen LogP contribution in [0.2, 0.25) is 0 Å². The quantitative estimate of drug-likeness (QED) is 0.258. The van der Waals surface area contributed by atoms with Crippen LogP contribution in [0.5, 0.6) is 5.75 Å². The highest BCUT2D eigenvalue weighted by Gasteiger charge is 2.37. The molecular weight excluding hydrogens is 450 g/mol. The first-order valence-electron chi connectivity index (χ1n) is 15.7. The summed E-state index contributed by atoms with van der Waals surface area (Å²) in [5, 5.41) is 0. The zero-order valence-electron chi connectivity index (χ0n) is 23.2. The van der Waals surface area contributed by atoms with E-state index in [0.717, 1.165) is 49.4 Å². The van der Waals surface area contributed by atoms with E-state index in [1.165, 1.54) is 89.9 Å². The van der Waals surface area contributed by atoms with Gasteiger partial charge in [0.15, 0.2) is 11.6 Å². The van der Waals surface area contributed by atoms with E-state index in [0.29, 0.717) is 18.1 Å². The van der Waals surface area contributed by atoms with Gasteiger partial charge in [-0.2, -0.15) is 4.39 Å². The van der Waals surface area contributed by atoms with Crippen LogP contribution < -0.4 is 4.74 Å². The highest BCUT2D eigenvalue weighted by molar-refractivity contribution is 5.33. The molecule has 1 aromatic rings. The molecule has 0 aliphatic heterocycles. The second kappa shape index (κ2) is 14.1. The molecule has 0 heterocycles. The first-order chi connectivity index (χ1) is 17.6. The van der Waals surface area contributed by atoms with Gasteiger partial charge >= 0.3 is 0 Å². The van der Waals surface area contributed by atoms with E-state index in [9.17, 15) is 8.78 Å². The third-order valence-corrected chi connectivity index (χ3v) is 10.2. The lowest BCUT2D eigenvalue weighted by Gasteiger charge is -2.43. The van der Waals surface area contributed by atoms with Crippen LogP contribution >= 0.6 is 0 Å². The Kier molecular flexibility index (Phi) is 11.0. The minimum absolute atomic E-state index is 0.0730. The molecule has 1 nitrogen and oxygen atoms in total. The minimum atomic E-state index is -0.788. The van der Waals surface area contributed by atoms with Crippen molar-refractivity contribution in [3.05, 3.63) is 29.3 Å². The molecule has 4 rings (SSSR count). The van der Waals surface area contributed by atoms with Crippen molar-refractivity contribution in [2.75, 3.05) is 6.61 Å². The van der Waals surface area contributed by atoms with E-state index in [1.807, 2.05) is 0 Å². The summed E-state index contributed by atoms with van der Waals surface area (Å²) in [6.45, 7) is 4.81. The van der Waals surface area contributed by atoms with Crippen LogP contribution in [-0.2, 0) is 0 Å². The maximum absolute atomic E-state index is 15.0. The molecular formula is C33H52F2O. The third-order valence-electron chi connectivity index (χ3n) is 10.2. The van der Waals surface area contributed by atoms with Crippen molar-refractivity contribution in [3.63, 3.8) is 0 Å². The van der Waals surface area contributed by atoms with Gasteiger partial charge in [-0.1, -0.05) is 97.0 Å². The molecule has 1 aromatic carbocycles. The van der Waals surface area contributed by atoms with Crippen molar-refractivity contribution in [1.29, 1.82) is 0 Å². The van der Waals surface area contributed by atoms with Gasteiger partial charge in [0.2, 0.25) is 5.82 Å². The van der Waals surface area contributed by atoms with Crippen molar-refractivity contribution in [3.8, 4) is 5.75 Å². The van der Waals surface area contributed by atoms with E-state index in [2.05, 4.69) is 13.8 Å². The number of unbranched alkanes of at least 4 members (excludes halogenated alkanes) is 3. The lowest BCUT2D eigenvalue weighted by atomic mass is 9.63. The van der Waals surface area contributed by atoms with Gasteiger partial charge in [-0.05, 0) is 85.7 Å². The number of ether oxygens (including phenoxy) is 1. The van der Waals surface area contributed by atoms with Crippen molar-refractivity contribution < 1.29 is 13.5 Å². The van der Waals surface area contributed by atoms with Crippen LogP contribution in [0.3, 0.4) is 0 Å². The van der Waals surface area contributed by atoms with Gasteiger partial charge < -0.3 is 4.74 Å². The number of rotatable bonds is 12. The van der Waals surface area contributed by atoms with Gasteiger partial charge in [-0.15, -0.1) is 0 Å². The Bertz CT molecular complexity index is 784. The first-order valence-corrected chi connectivity index (χ1v) is 15.7. The van der Waals surface area contributed by atoms with Crippen LogP contribution in [0.4, 0.5) is 8.78 Å². The summed E-state index contributed by atoms with van der Waals surface area (Å²) >= 11 is 0. The SMILES string of the molecule is CCCCCC1CCC(CCC2CCC3CC(c4ccc(OCCCC)c(F)c4F)CCC3C2)CC1. The molecule has 0 aromatic heterocycles. The number of hydrogen-bond acceptors (Lipinski definition) is 1. The van der Waals surface area contributed by atoms with Gasteiger partial charge in [0.05, 0.1) is 6.61 Å². The molecule has 0 spiro atoms. The summed E-state index contributed by atoms with van der Waals surface area (Å²) in [7, 11) is 0. The molecule has 4 unspecified atom stereocenters. The topological polar surface area (TPSA) is 9.23 Å². The minimum Gasteiger partial charge on any atom is -0.490 e. The molecule has 3 saturated carbocycles. The fraction of sp³-hybridized carbons (Fsp3) is 0.818. The smallest absolute Gasteiger partial charge is 0.200 e. The van der Waals surface area contributed by atoms with Crippen LogP contribution in [0.1, 0.15) is 141 Å². The molecule has 204 valence electrons. The Morgan fingerprint density at radius 1 is 0.667 bits per heavy atom. The average Bonchev–Trinajstić information content (AvgIpc) is 2.90. The third kappa shape index (κ3) is 7.47. The van der Waals surface area contributed by atoms with E-state index < -0.39 is 11.6 Å². The molecule has 3 aliphatic carbocycles. The van der Waals surface area contributed by atoms with Crippen LogP contribution in [0.25, 0.3) is 0 Å². The van der Waals surface area contributed by atoms with E-state index >= 15 is 0 Å². The molecule has 0 saturated heterocycles. The summed E-state index contributed by atoms with van der Waals surface area (Å²) in [5.41, 5.74) is 0.584. The first kappa shape index (κ1) is 27.9. The molecule has 0 N–H and O–H groups in total. The molecule has 3 fully saturated rings. The summed E-state index contributed by atoms with van der Waals surface area (Å²) in [6.07, 6.45) is 23.5. The highest BCUT2D eigenvalue weighted by Crippen LogP contribution is 2.49. The van der Waals surface area contributed by atoms with Gasteiger partial charge in [0.1, 0.15) is 0 Å². The average molecular weight is 503 g/mol. The Labute approximate surface area is 220 Å². The van der Waals surface area contributed by atoms with E-state index in [4.69, 9.17) is 4.74 Å². The molecule has 0 radical (unpaired) electrons. The maximum Gasteiger partial charge on any atom is 0.200 e. The zero-order chi connectivity index (χ0) is 25.3. The predicted molar refractivity (Wildman–Crippen MR) is 146 cm³/mol. The Hall–Kier alpha value is -1.12. The molecule has 4 atom stereocenters. The Morgan fingerprint density at radius 3 is 2.06 bits per heavy atom. The second-order valence-electron chi connectivity index (χ2n) is 12.7. The second-order valence-corrected chi connectivity index (χ2v) is 12.7. The fourth-order valence-corrected chi connectivity index (χ4v) is 7.79. The standard InChI is InChI=1S/C33H52F2O/c1-3-5-7-8-24-9-11-25(12-10-24)13-14-26-15-16-28-23-29(18-17-27(28)22-26)30-19-20-31(33(35)32(30)34)36-21-6-4-2/h19-20,24-29H,3-18,21-23H2,1-2H3. The van der Waals surface area contributed by atoms with Crippen molar-refractivity contribution in [2.24, 2.45) is 29.6 Å². The van der Waals surface area contributed by atoms with E-state index in [1.54, 1.807) is 12.1 Å². The lowest BCUT2D eigenvalue weighted by molar-refractivity contribution is 0.107. The Balaban J connectivity index is 1.20. The predicted octanol–water partition coefficient (Wildman–Crippen LogP) is 10.6. The summed E-state index contributed by atoms with van der Waals surface area (Å²) in [6, 6.07) is 3.46. The number of halogens is 2. The molecule has 3 aliphatic rings. The Morgan fingerprint density at radius 2 is 1.31 bits per heavy atom. The molecule has 0 bridgehead atoms. The number of benzene rings is 1. The van der Waals surface area contributed by atoms with Gasteiger partial charge in [0, 0.05) is 0 Å². The zero-order valence-corrected chi connectivity index (χ0v) is 23.2. The highest BCUT2D eigenvalue weighted by atomic mass is 19.2. The van der Waals surface area contributed by atoms with Gasteiger partial charge in [0.25, 0.3) is 0 Å². The summed E-state index contributed by atoms with van der Waals surface area (Å²) in [5.74, 6) is 3.18. The molecule has 0 amide bonds. The van der Waals surface area contributed by atoms with Crippen LogP contribution in [-0.4, -0.2) is 6.61 Å². The maximum atomic E-state index is 15.0. The lowest BCUT2D eigenvalue weighted by Crippen LogP contribution is -2.31. The largest absolute Gasteiger partial charge is 0.490 e. The summed E-state index contributed by atoms with van der Waals surface area (Å²) in [4.78, 5) is 0. The molecule has 3 heteroatoms. The number of hydrogen-bond donors (Lipinski definition) is 0. The molecule has 36 heavy (non-hydrogen) atoms. The van der Waals surface area contributed by atoms with Crippen molar-refractivity contribution >= 4 is 0 Å². The van der Waals surface area contributed by atoms with Gasteiger partial charge in [-0.25, -0.2) is 4.39 Å². The van der Waals surface area contributed by atoms with E-state index in [-0.39, 0.29) is 11.7 Å².